The molecule has 0 heterocycles. The van der Waals surface area contributed by atoms with Crippen molar-refractivity contribution in [1.29, 1.82) is 0 Å². The predicted molar refractivity (Wildman–Crippen MR) is 173 cm³/mol. The van der Waals surface area contributed by atoms with Gasteiger partial charge in [-0.05, 0) is 88.6 Å². The quantitative estimate of drug-likeness (QED) is 0.206. The van der Waals surface area contributed by atoms with Gasteiger partial charge in [-0.25, -0.2) is 0 Å². The molecule has 40 heavy (non-hydrogen) atoms. The number of fused-ring (bicyclic) bond motifs is 4. The number of hydrogen-bond acceptors (Lipinski definition) is 0. The molecule has 0 saturated heterocycles. The summed E-state index contributed by atoms with van der Waals surface area (Å²) in [6.07, 6.45) is 0. The molecule has 0 aliphatic carbocycles. The predicted octanol–water partition coefficient (Wildman–Crippen LogP) is 11.3. The molecule has 0 saturated carbocycles. The van der Waals surface area contributed by atoms with E-state index >= 15 is 0 Å². The highest BCUT2D eigenvalue weighted by molar-refractivity contribution is 6.23. The first-order valence-corrected chi connectivity index (χ1v) is 13.3. The minimum absolute atomic E-state index is 0.0484. The smallest absolute Gasteiger partial charge is 0.0616 e. The van der Waals surface area contributed by atoms with Gasteiger partial charge in [0.05, 0.1) is 9.60 Å². The van der Waals surface area contributed by atoms with Crippen molar-refractivity contribution in [2.45, 2.75) is 0 Å². The van der Waals surface area contributed by atoms with Crippen LogP contribution in [0.2, 0.25) is 0 Å². The van der Waals surface area contributed by atoms with Crippen LogP contribution in [0.4, 0.5) is 0 Å². The second-order valence-corrected chi connectivity index (χ2v) is 9.95. The number of benzene rings is 8. The Balaban J connectivity index is 1.44. The lowest BCUT2D eigenvalue weighted by Crippen LogP contribution is -1.92. The molecule has 0 N–H and O–H groups in total. The monoisotopic (exact) mass is 513 g/mol. The fourth-order valence-electron chi connectivity index (χ4n) is 5.93. The summed E-state index contributed by atoms with van der Waals surface area (Å²) in [4.78, 5) is 0. The summed E-state index contributed by atoms with van der Waals surface area (Å²) >= 11 is 0. The highest BCUT2D eigenvalue weighted by Gasteiger charge is 2.18. The van der Waals surface area contributed by atoms with Gasteiger partial charge in [0.2, 0.25) is 0 Å². The van der Waals surface area contributed by atoms with Crippen LogP contribution in [0.15, 0.2) is 158 Å². The summed E-state index contributed by atoms with van der Waals surface area (Å²) in [5.74, 6) is 0. The first-order valence-electron chi connectivity index (χ1n) is 16.8. The number of hydrogen-bond donors (Lipinski definition) is 0. The van der Waals surface area contributed by atoms with E-state index in [1.165, 1.54) is 10.8 Å². The van der Waals surface area contributed by atoms with Crippen molar-refractivity contribution in [3.8, 4) is 33.4 Å². The molecule has 0 aliphatic heterocycles. The number of rotatable bonds is 3. The summed E-state index contributed by atoms with van der Waals surface area (Å²) < 4.78 is 60.0. The third-order valence-electron chi connectivity index (χ3n) is 7.68. The van der Waals surface area contributed by atoms with Crippen LogP contribution in [0, 0.1) is 0 Å². The Bertz CT molecular complexity index is 2540. The van der Waals surface area contributed by atoms with Crippen molar-refractivity contribution >= 4 is 43.1 Å². The summed E-state index contributed by atoms with van der Waals surface area (Å²) in [6, 6.07) is 36.7. The lowest BCUT2D eigenvalue weighted by molar-refractivity contribution is 1.63. The van der Waals surface area contributed by atoms with Crippen LogP contribution >= 0.6 is 0 Å². The van der Waals surface area contributed by atoms with Gasteiger partial charge in [-0.15, -0.1) is 0 Å². The van der Waals surface area contributed by atoms with Crippen LogP contribution in [-0.4, -0.2) is 0 Å². The van der Waals surface area contributed by atoms with Crippen LogP contribution in [0.25, 0.3) is 76.5 Å². The summed E-state index contributed by atoms with van der Waals surface area (Å²) in [5, 5.41) is 6.49. The van der Waals surface area contributed by atoms with E-state index in [1.54, 1.807) is 6.07 Å². The Morgan fingerprint density at radius 2 is 0.950 bits per heavy atom. The van der Waals surface area contributed by atoms with Crippen LogP contribution in [0.1, 0.15) is 9.60 Å². The molecule has 8 aromatic carbocycles. The van der Waals surface area contributed by atoms with Gasteiger partial charge >= 0.3 is 0 Å². The molecule has 0 amide bonds. The zero-order valence-electron chi connectivity index (χ0n) is 28.5. The molecule has 0 spiro atoms. The van der Waals surface area contributed by atoms with Gasteiger partial charge in [-0.3, -0.25) is 0 Å². The van der Waals surface area contributed by atoms with Gasteiger partial charge in [0.15, 0.2) is 0 Å². The van der Waals surface area contributed by atoms with E-state index in [9.17, 15) is 0 Å². The molecule has 186 valence electrons. The fraction of sp³-hybridized carbons (Fsp3) is 0. The SMILES string of the molecule is [2H]c1c([2H])c([2H])c2c([2H])c(-c3cccc(-c4c5ccccc5c(-c5cccc6ccccc56)c5ccccc45)c3)c([2H])c([2H])c2c1[2H]. The fourth-order valence-corrected chi connectivity index (χ4v) is 5.93. The van der Waals surface area contributed by atoms with E-state index in [-0.39, 0.29) is 40.5 Å². The molecule has 0 aliphatic rings. The van der Waals surface area contributed by atoms with Crippen molar-refractivity contribution in [3.05, 3.63) is 158 Å². The first kappa shape index (κ1) is 16.7. The van der Waals surface area contributed by atoms with E-state index in [0.29, 0.717) is 5.56 Å². The van der Waals surface area contributed by atoms with Crippen molar-refractivity contribution in [2.24, 2.45) is 0 Å². The lowest BCUT2D eigenvalue weighted by atomic mass is 9.84. The second-order valence-electron chi connectivity index (χ2n) is 9.95. The van der Waals surface area contributed by atoms with Crippen LogP contribution in [0.3, 0.4) is 0 Å². The van der Waals surface area contributed by atoms with Gasteiger partial charge in [-0.2, -0.15) is 0 Å². The van der Waals surface area contributed by atoms with Gasteiger partial charge in [0.25, 0.3) is 0 Å². The van der Waals surface area contributed by atoms with E-state index in [4.69, 9.17) is 9.60 Å². The Morgan fingerprint density at radius 1 is 0.375 bits per heavy atom. The zero-order chi connectivity index (χ0) is 32.6. The Labute approximate surface area is 243 Å². The lowest BCUT2D eigenvalue weighted by Gasteiger charge is -2.19. The molecule has 0 nitrogen and oxygen atoms in total. The molecule has 0 atom stereocenters. The molecule has 0 fully saturated rings. The maximum atomic E-state index is 9.09. The Hall–Kier alpha value is -5.20. The Kier molecular flexibility index (Phi) is 3.85. The van der Waals surface area contributed by atoms with E-state index in [0.717, 1.165) is 43.8 Å². The van der Waals surface area contributed by atoms with E-state index < -0.39 is 18.1 Å². The molecule has 0 aromatic heterocycles. The van der Waals surface area contributed by atoms with Crippen molar-refractivity contribution in [1.82, 2.24) is 0 Å². The average molecular weight is 514 g/mol. The van der Waals surface area contributed by atoms with Gasteiger partial charge in [0.1, 0.15) is 0 Å². The van der Waals surface area contributed by atoms with Crippen molar-refractivity contribution < 1.29 is 9.60 Å². The van der Waals surface area contributed by atoms with Gasteiger partial charge < -0.3 is 0 Å². The van der Waals surface area contributed by atoms with E-state index in [2.05, 4.69) is 78.9 Å². The Morgan fingerprint density at radius 3 is 1.70 bits per heavy atom. The van der Waals surface area contributed by atoms with Crippen LogP contribution < -0.4 is 0 Å². The maximum absolute atomic E-state index is 9.09. The molecule has 0 heteroatoms. The maximum Gasteiger partial charge on any atom is 0.0636 e. The zero-order valence-corrected chi connectivity index (χ0v) is 21.5. The van der Waals surface area contributed by atoms with Gasteiger partial charge in [-0.1, -0.05) is 145 Å². The topological polar surface area (TPSA) is 0 Å². The van der Waals surface area contributed by atoms with Crippen molar-refractivity contribution in [2.75, 3.05) is 0 Å². The normalized spacial score (nSPS) is 13.9. The summed E-state index contributed by atoms with van der Waals surface area (Å²) in [5.41, 5.74) is 4.88. The molecule has 0 unspecified atom stereocenters. The largest absolute Gasteiger partial charge is 0.0636 e. The highest BCUT2D eigenvalue weighted by Crippen LogP contribution is 2.45. The molecular weight excluding hydrogens is 480 g/mol. The standard InChI is InChI=1S/C40H26/c1-2-13-29-25-31(24-23-27(29)11-1)30-15-9-16-32(26-30)39-35-18-5-7-20-37(35)40(38-21-8-6-19-36(38)39)34-22-10-14-28-12-3-4-17-33(28)34/h1-26H/i1D,2D,11D,13D,23D,24D,25D. The molecule has 8 aromatic rings. The van der Waals surface area contributed by atoms with Crippen molar-refractivity contribution in [3.63, 3.8) is 0 Å². The van der Waals surface area contributed by atoms with Crippen LogP contribution in [0.5, 0.6) is 0 Å². The second kappa shape index (κ2) is 9.22. The summed E-state index contributed by atoms with van der Waals surface area (Å²) in [6.45, 7) is 0. The highest BCUT2D eigenvalue weighted by atomic mass is 14.2. The van der Waals surface area contributed by atoms with E-state index in [1.807, 2.05) is 30.3 Å². The minimum Gasteiger partial charge on any atom is -0.0616 e. The minimum atomic E-state index is -0.477. The molecule has 8 rings (SSSR count). The first-order chi connectivity index (χ1) is 22.8. The van der Waals surface area contributed by atoms with Crippen LogP contribution in [-0.2, 0) is 0 Å². The third-order valence-corrected chi connectivity index (χ3v) is 7.68. The molecular formula is C40H26. The average Bonchev–Trinajstić information content (AvgIpc) is 3.10. The van der Waals surface area contributed by atoms with Gasteiger partial charge in [0, 0.05) is 0 Å². The molecule has 0 bridgehead atoms. The summed E-state index contributed by atoms with van der Waals surface area (Å²) in [7, 11) is 0. The molecule has 0 radical (unpaired) electrons. The third kappa shape index (κ3) is 3.61.